The Morgan fingerprint density at radius 2 is 2.03 bits per heavy atom. The van der Waals surface area contributed by atoms with Gasteiger partial charge in [-0.1, -0.05) is 6.07 Å². The molecule has 2 heterocycles. The number of hydrogen-bond donors (Lipinski definition) is 3. The van der Waals surface area contributed by atoms with Crippen LogP contribution in [-0.4, -0.2) is 34.1 Å². The third-order valence-electron chi connectivity index (χ3n) is 4.52. The summed E-state index contributed by atoms with van der Waals surface area (Å²) in [6, 6.07) is 7.78. The van der Waals surface area contributed by atoms with Crippen LogP contribution in [0.3, 0.4) is 0 Å². The number of carbonyl (C=O) groups excluding carboxylic acids is 2. The first-order valence-corrected chi connectivity index (χ1v) is 9.12. The van der Waals surface area contributed by atoms with E-state index in [2.05, 4.69) is 10.3 Å². The van der Waals surface area contributed by atoms with Crippen molar-refractivity contribution in [3.8, 4) is 5.75 Å². The smallest absolute Gasteiger partial charge is 0.256 e. The molecule has 0 saturated heterocycles. The number of nitrogens with one attached hydrogen (secondary N) is 1. The van der Waals surface area contributed by atoms with Gasteiger partial charge in [0.05, 0.1) is 11.7 Å². The Morgan fingerprint density at radius 1 is 1.28 bits per heavy atom. The second-order valence-electron chi connectivity index (χ2n) is 6.88. The minimum Gasteiger partial charge on any atom is -0.489 e. The van der Waals surface area contributed by atoms with Crippen molar-refractivity contribution < 1.29 is 23.8 Å². The van der Waals surface area contributed by atoms with Gasteiger partial charge in [-0.25, -0.2) is 0 Å². The van der Waals surface area contributed by atoms with E-state index in [0.29, 0.717) is 29.1 Å². The van der Waals surface area contributed by atoms with E-state index < -0.39 is 24.0 Å². The SMILES string of the molecule is Cc1ccc(COc2ccc3oc(C)c(C(=O)N[C@H](C(N)=O)[C@@H](C)O)c3c2)cn1. The number of carbonyl (C=O) groups is 2. The van der Waals surface area contributed by atoms with Crippen LogP contribution in [0.25, 0.3) is 11.0 Å². The zero-order chi connectivity index (χ0) is 21.1. The number of benzene rings is 1. The van der Waals surface area contributed by atoms with Crippen LogP contribution in [0.1, 0.15) is 34.3 Å². The minimum absolute atomic E-state index is 0.259. The summed E-state index contributed by atoms with van der Waals surface area (Å²) < 4.78 is 11.5. The maximum atomic E-state index is 12.7. The van der Waals surface area contributed by atoms with Gasteiger partial charge in [0.2, 0.25) is 5.91 Å². The molecule has 0 aliphatic heterocycles. The molecule has 8 heteroatoms. The Morgan fingerprint density at radius 3 is 2.66 bits per heavy atom. The summed E-state index contributed by atoms with van der Waals surface area (Å²) in [7, 11) is 0. The second kappa shape index (κ2) is 8.32. The summed E-state index contributed by atoms with van der Waals surface area (Å²) in [6.45, 7) is 5.26. The molecule has 0 fully saturated rings. The molecule has 0 spiro atoms. The van der Waals surface area contributed by atoms with E-state index in [0.717, 1.165) is 11.3 Å². The Labute approximate surface area is 167 Å². The van der Waals surface area contributed by atoms with Gasteiger partial charge < -0.3 is 25.3 Å². The van der Waals surface area contributed by atoms with Crippen molar-refractivity contribution in [1.29, 1.82) is 0 Å². The van der Waals surface area contributed by atoms with E-state index in [-0.39, 0.29) is 5.56 Å². The average Bonchev–Trinajstić information content (AvgIpc) is 3.00. The zero-order valence-electron chi connectivity index (χ0n) is 16.4. The van der Waals surface area contributed by atoms with Crippen LogP contribution in [0.2, 0.25) is 0 Å². The summed E-state index contributed by atoms with van der Waals surface area (Å²) in [6.07, 6.45) is 0.617. The number of aliphatic hydroxyl groups excluding tert-OH is 1. The number of aryl methyl sites for hydroxylation is 2. The normalized spacial score (nSPS) is 13.1. The molecule has 152 valence electrons. The Balaban J connectivity index is 1.85. The number of aliphatic hydroxyl groups is 1. The molecule has 2 amide bonds. The van der Waals surface area contributed by atoms with Crippen LogP contribution in [-0.2, 0) is 11.4 Å². The largest absolute Gasteiger partial charge is 0.489 e. The first-order chi connectivity index (χ1) is 13.8. The van der Waals surface area contributed by atoms with Gasteiger partial charge >= 0.3 is 0 Å². The molecule has 0 saturated carbocycles. The van der Waals surface area contributed by atoms with E-state index in [1.165, 1.54) is 6.92 Å². The van der Waals surface area contributed by atoms with Crippen LogP contribution < -0.4 is 15.8 Å². The van der Waals surface area contributed by atoms with Crippen molar-refractivity contribution in [3.63, 3.8) is 0 Å². The quantitative estimate of drug-likeness (QED) is 0.559. The van der Waals surface area contributed by atoms with Gasteiger partial charge in [-0.15, -0.1) is 0 Å². The summed E-state index contributed by atoms with van der Waals surface area (Å²) in [5.74, 6) is -0.457. The molecule has 0 aliphatic rings. The molecule has 2 aromatic heterocycles. The van der Waals surface area contributed by atoms with Crippen molar-refractivity contribution in [2.45, 2.75) is 39.5 Å². The molecule has 0 unspecified atom stereocenters. The topological polar surface area (TPSA) is 128 Å². The molecule has 4 N–H and O–H groups in total. The number of rotatable bonds is 7. The molecular weight excluding hydrogens is 374 g/mol. The fourth-order valence-electron chi connectivity index (χ4n) is 2.96. The predicted octanol–water partition coefficient (Wildman–Crippen LogP) is 1.99. The highest BCUT2D eigenvalue weighted by molar-refractivity contribution is 6.08. The van der Waals surface area contributed by atoms with E-state index in [1.54, 1.807) is 31.3 Å². The molecule has 1 aromatic carbocycles. The minimum atomic E-state index is -1.21. The van der Waals surface area contributed by atoms with Crippen molar-refractivity contribution in [2.75, 3.05) is 0 Å². The lowest BCUT2D eigenvalue weighted by molar-refractivity contribution is -0.122. The highest BCUT2D eigenvalue weighted by Gasteiger charge is 2.27. The van der Waals surface area contributed by atoms with Crippen LogP contribution in [0.4, 0.5) is 0 Å². The van der Waals surface area contributed by atoms with Crippen molar-refractivity contribution in [1.82, 2.24) is 10.3 Å². The lowest BCUT2D eigenvalue weighted by atomic mass is 10.1. The fourth-order valence-corrected chi connectivity index (χ4v) is 2.96. The van der Waals surface area contributed by atoms with E-state index in [4.69, 9.17) is 14.9 Å². The number of aromatic nitrogens is 1. The van der Waals surface area contributed by atoms with Crippen LogP contribution in [0, 0.1) is 13.8 Å². The third-order valence-corrected chi connectivity index (χ3v) is 4.52. The van der Waals surface area contributed by atoms with Crippen LogP contribution >= 0.6 is 0 Å². The molecule has 29 heavy (non-hydrogen) atoms. The first-order valence-electron chi connectivity index (χ1n) is 9.12. The number of primary amides is 1. The fraction of sp³-hybridized carbons (Fsp3) is 0.286. The van der Waals surface area contributed by atoms with Gasteiger partial charge in [0.1, 0.15) is 29.7 Å². The number of pyridine rings is 1. The molecule has 3 rings (SSSR count). The number of amides is 2. The predicted molar refractivity (Wildman–Crippen MR) is 106 cm³/mol. The van der Waals surface area contributed by atoms with Gasteiger partial charge in [0.25, 0.3) is 5.91 Å². The summed E-state index contributed by atoms with van der Waals surface area (Å²) in [5.41, 5.74) is 7.86. The van der Waals surface area contributed by atoms with Crippen LogP contribution in [0.15, 0.2) is 40.9 Å². The molecule has 0 aliphatic carbocycles. The number of hydrogen-bond acceptors (Lipinski definition) is 6. The Hall–Kier alpha value is -3.39. The van der Waals surface area contributed by atoms with Crippen molar-refractivity contribution >= 4 is 22.8 Å². The number of nitrogens with two attached hydrogens (primary N) is 1. The maximum Gasteiger partial charge on any atom is 0.256 e. The number of furan rings is 1. The summed E-state index contributed by atoms with van der Waals surface area (Å²) in [4.78, 5) is 28.5. The lowest BCUT2D eigenvalue weighted by Crippen LogP contribution is -2.50. The van der Waals surface area contributed by atoms with Gasteiger partial charge in [-0.2, -0.15) is 0 Å². The average molecular weight is 397 g/mol. The monoisotopic (exact) mass is 397 g/mol. The zero-order valence-corrected chi connectivity index (χ0v) is 16.4. The standard InChI is InChI=1S/C21H23N3O5/c1-11-4-5-14(9-23-11)10-28-15-6-7-17-16(8-15)18(13(3)29-17)21(27)24-19(12(2)25)20(22)26/h4-9,12,19,25H,10H2,1-3H3,(H2,22,26)(H,24,27)/t12-,19+/m1/s1. The molecule has 8 nitrogen and oxygen atoms in total. The van der Waals surface area contributed by atoms with Gasteiger partial charge in [-0.05, 0) is 45.0 Å². The van der Waals surface area contributed by atoms with Gasteiger partial charge in [0.15, 0.2) is 0 Å². The van der Waals surface area contributed by atoms with Gasteiger partial charge in [-0.3, -0.25) is 14.6 Å². The number of nitrogens with zero attached hydrogens (tertiary/aromatic N) is 1. The maximum absolute atomic E-state index is 12.7. The van der Waals surface area contributed by atoms with E-state index in [9.17, 15) is 14.7 Å². The highest BCUT2D eigenvalue weighted by atomic mass is 16.5. The molecule has 3 aromatic rings. The Kier molecular flexibility index (Phi) is 5.84. The van der Waals surface area contributed by atoms with Gasteiger partial charge in [0, 0.05) is 22.8 Å². The number of ether oxygens (including phenoxy) is 1. The first kappa shape index (κ1) is 20.3. The molecular formula is C21H23N3O5. The Bertz CT molecular complexity index is 1040. The number of fused-ring (bicyclic) bond motifs is 1. The van der Waals surface area contributed by atoms with Crippen LogP contribution in [0.5, 0.6) is 5.75 Å². The molecule has 0 radical (unpaired) electrons. The van der Waals surface area contributed by atoms with Crippen molar-refractivity contribution in [2.24, 2.45) is 5.73 Å². The highest BCUT2D eigenvalue weighted by Crippen LogP contribution is 2.29. The summed E-state index contributed by atoms with van der Waals surface area (Å²) in [5, 5.41) is 12.7. The third kappa shape index (κ3) is 4.55. The lowest BCUT2D eigenvalue weighted by Gasteiger charge is -2.17. The van der Waals surface area contributed by atoms with E-state index >= 15 is 0 Å². The molecule has 0 bridgehead atoms. The van der Waals surface area contributed by atoms with E-state index in [1.807, 2.05) is 19.1 Å². The molecule has 2 atom stereocenters. The summed E-state index contributed by atoms with van der Waals surface area (Å²) >= 11 is 0. The second-order valence-corrected chi connectivity index (χ2v) is 6.88. The van der Waals surface area contributed by atoms with Crippen molar-refractivity contribution in [3.05, 3.63) is 59.1 Å².